The lowest BCUT2D eigenvalue weighted by Gasteiger charge is -2.34. The van der Waals surface area contributed by atoms with Crippen molar-refractivity contribution in [2.24, 2.45) is 11.7 Å². The van der Waals surface area contributed by atoms with Crippen LogP contribution in [0.5, 0.6) is 0 Å². The van der Waals surface area contributed by atoms with E-state index in [1.165, 1.54) is 64.5 Å². The highest BCUT2D eigenvalue weighted by molar-refractivity contribution is 4.81. The molecular weight excluding hydrogens is 196 g/mol. The number of nitrogens with zero attached hydrogens (tertiary/aromatic N) is 1. The largest absolute Gasteiger partial charge is 0.328 e. The van der Waals surface area contributed by atoms with E-state index >= 15 is 0 Å². The van der Waals surface area contributed by atoms with Gasteiger partial charge in [0.15, 0.2) is 0 Å². The molecule has 2 rings (SSSR count). The molecule has 0 heterocycles. The molecule has 0 aliphatic heterocycles. The molecule has 0 aromatic carbocycles. The van der Waals surface area contributed by atoms with E-state index in [-0.39, 0.29) is 0 Å². The summed E-state index contributed by atoms with van der Waals surface area (Å²) < 4.78 is 0. The predicted molar refractivity (Wildman–Crippen MR) is 69.4 cm³/mol. The lowest BCUT2D eigenvalue weighted by molar-refractivity contribution is 0.153. The fraction of sp³-hybridized carbons (Fsp3) is 1.00. The molecule has 2 saturated carbocycles. The predicted octanol–water partition coefficient (Wildman–Crippen LogP) is 2.77. The SMILES string of the molecule is CCN(CC1CCC(N)CC1)C1CCCC1. The van der Waals surface area contributed by atoms with Crippen LogP contribution in [0.4, 0.5) is 0 Å². The second-order valence-electron chi connectivity index (χ2n) is 5.81. The average Bonchev–Trinajstić information content (AvgIpc) is 2.82. The van der Waals surface area contributed by atoms with E-state index in [1.807, 2.05) is 0 Å². The quantitative estimate of drug-likeness (QED) is 0.795. The highest BCUT2D eigenvalue weighted by atomic mass is 15.2. The van der Waals surface area contributed by atoms with E-state index in [2.05, 4.69) is 11.8 Å². The highest BCUT2D eigenvalue weighted by Gasteiger charge is 2.25. The normalized spacial score (nSPS) is 32.4. The van der Waals surface area contributed by atoms with Crippen LogP contribution in [-0.2, 0) is 0 Å². The van der Waals surface area contributed by atoms with Crippen molar-refractivity contribution >= 4 is 0 Å². The third-order valence-electron chi connectivity index (χ3n) is 4.63. The molecule has 2 fully saturated rings. The number of rotatable bonds is 4. The van der Waals surface area contributed by atoms with E-state index < -0.39 is 0 Å². The molecule has 0 aromatic rings. The lowest BCUT2D eigenvalue weighted by Crippen LogP contribution is -2.39. The molecule has 0 amide bonds. The van der Waals surface area contributed by atoms with Crippen molar-refractivity contribution in [3.63, 3.8) is 0 Å². The fourth-order valence-electron chi connectivity index (χ4n) is 3.51. The summed E-state index contributed by atoms with van der Waals surface area (Å²) in [6.45, 7) is 4.91. The Labute approximate surface area is 101 Å². The van der Waals surface area contributed by atoms with Crippen molar-refractivity contribution in [1.82, 2.24) is 4.90 Å². The molecule has 0 aromatic heterocycles. The van der Waals surface area contributed by atoms with Crippen LogP contribution in [0.15, 0.2) is 0 Å². The third-order valence-corrected chi connectivity index (χ3v) is 4.63. The van der Waals surface area contributed by atoms with Crippen molar-refractivity contribution in [2.45, 2.75) is 70.4 Å². The zero-order valence-electron chi connectivity index (χ0n) is 10.8. The molecular formula is C14H28N2. The topological polar surface area (TPSA) is 29.3 Å². The van der Waals surface area contributed by atoms with Crippen LogP contribution in [-0.4, -0.2) is 30.1 Å². The van der Waals surface area contributed by atoms with Gasteiger partial charge in [0.1, 0.15) is 0 Å². The molecule has 2 heteroatoms. The standard InChI is InChI=1S/C14H28N2/c1-2-16(14-5-3-4-6-14)11-12-7-9-13(15)10-8-12/h12-14H,2-11,15H2,1H3. The van der Waals surface area contributed by atoms with Crippen molar-refractivity contribution in [3.05, 3.63) is 0 Å². The monoisotopic (exact) mass is 224 g/mol. The van der Waals surface area contributed by atoms with Crippen molar-refractivity contribution in [2.75, 3.05) is 13.1 Å². The third kappa shape index (κ3) is 3.21. The van der Waals surface area contributed by atoms with Gasteiger partial charge < -0.3 is 10.6 Å². The highest BCUT2D eigenvalue weighted by Crippen LogP contribution is 2.28. The summed E-state index contributed by atoms with van der Waals surface area (Å²) in [6, 6.07) is 1.40. The first-order chi connectivity index (χ1) is 7.79. The fourth-order valence-corrected chi connectivity index (χ4v) is 3.51. The molecule has 2 N–H and O–H groups in total. The maximum atomic E-state index is 5.97. The first kappa shape index (κ1) is 12.4. The Balaban J connectivity index is 1.77. The Morgan fingerprint density at radius 3 is 2.19 bits per heavy atom. The van der Waals surface area contributed by atoms with Crippen LogP contribution in [0.3, 0.4) is 0 Å². The Morgan fingerprint density at radius 2 is 1.62 bits per heavy atom. The van der Waals surface area contributed by atoms with Crippen molar-refractivity contribution < 1.29 is 0 Å². The van der Waals surface area contributed by atoms with Gasteiger partial charge in [0, 0.05) is 18.6 Å². The minimum Gasteiger partial charge on any atom is -0.328 e. The Bertz CT molecular complexity index is 191. The smallest absolute Gasteiger partial charge is 0.00952 e. The molecule has 0 saturated heterocycles. The second kappa shape index (κ2) is 6.02. The summed E-state index contributed by atoms with van der Waals surface area (Å²) in [5.74, 6) is 0.931. The van der Waals surface area contributed by atoms with Gasteiger partial charge in [-0.2, -0.15) is 0 Å². The van der Waals surface area contributed by atoms with Gasteiger partial charge in [-0.3, -0.25) is 0 Å². The van der Waals surface area contributed by atoms with Gasteiger partial charge in [0.2, 0.25) is 0 Å². The van der Waals surface area contributed by atoms with Gasteiger partial charge in [-0.15, -0.1) is 0 Å². The minimum atomic E-state index is 0.498. The van der Waals surface area contributed by atoms with Crippen LogP contribution >= 0.6 is 0 Å². The summed E-state index contributed by atoms with van der Waals surface area (Å²) in [7, 11) is 0. The van der Waals surface area contributed by atoms with E-state index in [9.17, 15) is 0 Å². The molecule has 0 radical (unpaired) electrons. The summed E-state index contributed by atoms with van der Waals surface area (Å²) in [5, 5.41) is 0. The van der Waals surface area contributed by atoms with Gasteiger partial charge in [-0.1, -0.05) is 19.8 Å². The molecule has 0 atom stereocenters. The zero-order chi connectivity index (χ0) is 11.4. The number of nitrogens with two attached hydrogens (primary N) is 1. The Kier molecular flexibility index (Phi) is 4.66. The van der Waals surface area contributed by atoms with Gasteiger partial charge >= 0.3 is 0 Å². The van der Waals surface area contributed by atoms with Crippen LogP contribution in [0.25, 0.3) is 0 Å². The van der Waals surface area contributed by atoms with E-state index in [4.69, 9.17) is 5.73 Å². The number of hydrogen-bond acceptors (Lipinski definition) is 2. The number of hydrogen-bond donors (Lipinski definition) is 1. The molecule has 2 aliphatic carbocycles. The molecule has 0 unspecified atom stereocenters. The van der Waals surface area contributed by atoms with Crippen molar-refractivity contribution in [1.29, 1.82) is 0 Å². The second-order valence-corrected chi connectivity index (χ2v) is 5.81. The lowest BCUT2D eigenvalue weighted by atomic mass is 9.86. The first-order valence-electron chi connectivity index (χ1n) is 7.29. The van der Waals surface area contributed by atoms with Gasteiger partial charge in [0.05, 0.1) is 0 Å². The van der Waals surface area contributed by atoms with Crippen LogP contribution < -0.4 is 5.73 Å². The van der Waals surface area contributed by atoms with E-state index in [1.54, 1.807) is 0 Å². The maximum absolute atomic E-state index is 5.97. The molecule has 16 heavy (non-hydrogen) atoms. The Morgan fingerprint density at radius 1 is 1.00 bits per heavy atom. The first-order valence-corrected chi connectivity index (χ1v) is 7.29. The zero-order valence-corrected chi connectivity index (χ0v) is 10.8. The van der Waals surface area contributed by atoms with Gasteiger partial charge in [-0.05, 0) is 51.0 Å². The minimum absolute atomic E-state index is 0.498. The van der Waals surface area contributed by atoms with E-state index in [0.717, 1.165) is 12.0 Å². The summed E-state index contributed by atoms with van der Waals surface area (Å²) >= 11 is 0. The maximum Gasteiger partial charge on any atom is 0.00952 e. The summed E-state index contributed by atoms with van der Waals surface area (Å²) in [6.07, 6.45) is 11.0. The summed E-state index contributed by atoms with van der Waals surface area (Å²) in [4.78, 5) is 2.74. The van der Waals surface area contributed by atoms with Crippen LogP contribution in [0.2, 0.25) is 0 Å². The van der Waals surface area contributed by atoms with Crippen LogP contribution in [0, 0.1) is 5.92 Å². The molecule has 2 aliphatic rings. The molecule has 2 nitrogen and oxygen atoms in total. The molecule has 94 valence electrons. The molecule has 0 bridgehead atoms. The van der Waals surface area contributed by atoms with Crippen molar-refractivity contribution in [3.8, 4) is 0 Å². The van der Waals surface area contributed by atoms with E-state index in [0.29, 0.717) is 6.04 Å². The molecule has 0 spiro atoms. The van der Waals surface area contributed by atoms with Crippen LogP contribution in [0.1, 0.15) is 58.3 Å². The average molecular weight is 224 g/mol. The summed E-state index contributed by atoms with van der Waals surface area (Å²) in [5.41, 5.74) is 5.97. The Hall–Kier alpha value is -0.0800. The van der Waals surface area contributed by atoms with Gasteiger partial charge in [-0.25, -0.2) is 0 Å². The van der Waals surface area contributed by atoms with Gasteiger partial charge in [0.25, 0.3) is 0 Å².